The fraction of sp³-hybridized carbons (Fsp3) is 0.273. The molecule has 0 bridgehead atoms. The monoisotopic (exact) mass is 241 g/mol. The predicted molar refractivity (Wildman–Crippen MR) is 59.0 cm³/mol. The van der Waals surface area contributed by atoms with E-state index in [-0.39, 0.29) is 5.56 Å². The highest BCUT2D eigenvalue weighted by Crippen LogP contribution is 2.18. The summed E-state index contributed by atoms with van der Waals surface area (Å²) in [4.78, 5) is 21.8. The minimum absolute atomic E-state index is 0.122. The number of benzene rings is 1. The number of carbonyl (C=O) groups is 2. The maximum Gasteiger partial charge on any atom is 0.343 e. The van der Waals surface area contributed by atoms with Gasteiger partial charge in [-0.05, 0) is 32.0 Å². The lowest BCUT2D eigenvalue weighted by molar-refractivity contribution is -0.255. The first kappa shape index (κ1) is 13.1. The highest BCUT2D eigenvalue weighted by molar-refractivity contribution is 5.87. The Labute approximate surface area is 97.4 Å². The van der Waals surface area contributed by atoms with E-state index in [2.05, 4.69) is 11.1 Å². The molecule has 1 rings (SSSR count). The number of halogens is 1. The molecule has 92 valence electrons. The van der Waals surface area contributed by atoms with Gasteiger partial charge in [-0.3, -0.25) is 5.73 Å². The molecule has 17 heavy (non-hydrogen) atoms. The lowest BCUT2D eigenvalue weighted by atomic mass is 10.1. The molecule has 5 N–H and O–H groups in total. The van der Waals surface area contributed by atoms with Crippen molar-refractivity contribution in [3.63, 3.8) is 0 Å². The standard InChI is InChI=1S/C11H13FN2O3/c1-11(2,10(16)17)14-6-3-4-7(9(13)15)8(12)5-6/h3-5,14H,1-2H3,(H2,13,15)(H,16,17)/p+1. The molecule has 0 unspecified atom stereocenters. The summed E-state index contributed by atoms with van der Waals surface area (Å²) in [7, 11) is 0. The number of carboxylic acid groups (broad SMARTS) is 1. The normalized spacial score (nSPS) is 11.1. The molecule has 0 radical (unpaired) electrons. The first-order valence-electron chi connectivity index (χ1n) is 4.91. The Balaban J connectivity index is 2.99. The van der Waals surface area contributed by atoms with Crippen LogP contribution in [-0.2, 0) is 4.79 Å². The Hall–Kier alpha value is -1.95. The number of amides is 1. The van der Waals surface area contributed by atoms with Gasteiger partial charge in [-0.2, -0.15) is 0 Å². The van der Waals surface area contributed by atoms with Gasteiger partial charge >= 0.3 is 11.9 Å². The number of aliphatic carboxylic acids is 1. The smallest absolute Gasteiger partial charge is 0.343 e. The van der Waals surface area contributed by atoms with Crippen molar-refractivity contribution in [2.75, 3.05) is 5.32 Å². The number of hydrogen-bond donors (Lipinski definition) is 3. The molecular formula is C11H14FN2O3+. The highest BCUT2D eigenvalue weighted by atomic mass is 19.1. The van der Waals surface area contributed by atoms with Gasteiger partial charge in [0, 0.05) is 5.69 Å². The average molecular weight is 241 g/mol. The van der Waals surface area contributed by atoms with Gasteiger partial charge in [-0.25, -0.2) is 14.0 Å². The van der Waals surface area contributed by atoms with E-state index in [4.69, 9.17) is 5.11 Å². The van der Waals surface area contributed by atoms with Crippen LogP contribution in [0.4, 0.5) is 10.1 Å². The van der Waals surface area contributed by atoms with Crippen LogP contribution in [0.5, 0.6) is 0 Å². The van der Waals surface area contributed by atoms with E-state index in [1.165, 1.54) is 26.0 Å². The topological polar surface area (TPSA) is 94.0 Å². The molecule has 0 spiro atoms. The van der Waals surface area contributed by atoms with Crippen LogP contribution in [0.1, 0.15) is 24.2 Å². The van der Waals surface area contributed by atoms with Crippen molar-refractivity contribution in [2.24, 2.45) is 0 Å². The molecule has 0 fully saturated rings. The fourth-order valence-electron chi connectivity index (χ4n) is 1.23. The molecule has 0 atom stereocenters. The maximum absolute atomic E-state index is 13.4. The van der Waals surface area contributed by atoms with Crippen molar-refractivity contribution in [2.45, 2.75) is 19.4 Å². The van der Waals surface area contributed by atoms with Gasteiger partial charge in [0.1, 0.15) is 16.9 Å². The molecule has 1 aromatic carbocycles. The SMILES string of the molecule is CC(C)(Nc1ccc(C([NH3+])=O)c(F)c1)C(=O)O. The Bertz CT molecular complexity index is 472. The molecule has 5 nitrogen and oxygen atoms in total. The quantitative estimate of drug-likeness (QED) is 0.714. The fourth-order valence-corrected chi connectivity index (χ4v) is 1.23. The number of nitrogens with one attached hydrogen (secondary N) is 1. The van der Waals surface area contributed by atoms with Gasteiger partial charge in [-0.15, -0.1) is 0 Å². The number of quaternary nitrogens is 1. The second-order valence-electron chi connectivity index (χ2n) is 4.17. The zero-order valence-corrected chi connectivity index (χ0v) is 9.58. The minimum atomic E-state index is -1.22. The van der Waals surface area contributed by atoms with E-state index in [9.17, 15) is 14.0 Å². The number of rotatable bonds is 4. The summed E-state index contributed by atoms with van der Waals surface area (Å²) < 4.78 is 13.4. The van der Waals surface area contributed by atoms with Crippen LogP contribution in [0.2, 0.25) is 0 Å². The second-order valence-corrected chi connectivity index (χ2v) is 4.17. The summed E-state index contributed by atoms with van der Waals surface area (Å²) in [6.45, 7) is 2.90. The Morgan fingerprint density at radius 1 is 1.41 bits per heavy atom. The third-order valence-electron chi connectivity index (χ3n) is 2.26. The lowest BCUT2D eigenvalue weighted by Gasteiger charge is -2.22. The van der Waals surface area contributed by atoms with Gasteiger partial charge in [0.15, 0.2) is 0 Å². The molecule has 0 aliphatic heterocycles. The van der Waals surface area contributed by atoms with Crippen LogP contribution in [-0.4, -0.2) is 22.5 Å². The first-order chi connectivity index (χ1) is 7.74. The molecular weight excluding hydrogens is 227 g/mol. The third-order valence-corrected chi connectivity index (χ3v) is 2.26. The van der Waals surface area contributed by atoms with Crippen LogP contribution >= 0.6 is 0 Å². The van der Waals surface area contributed by atoms with Crippen LogP contribution < -0.4 is 11.1 Å². The first-order valence-corrected chi connectivity index (χ1v) is 4.91. The highest BCUT2D eigenvalue weighted by Gasteiger charge is 2.27. The maximum atomic E-state index is 13.4. The molecule has 0 heterocycles. The molecule has 0 aliphatic rings. The number of hydrogen-bond acceptors (Lipinski definition) is 3. The van der Waals surface area contributed by atoms with Crippen molar-refractivity contribution >= 4 is 17.6 Å². The molecule has 0 aliphatic carbocycles. The van der Waals surface area contributed by atoms with E-state index < -0.39 is 23.2 Å². The van der Waals surface area contributed by atoms with Crippen LogP contribution in [0.3, 0.4) is 0 Å². The van der Waals surface area contributed by atoms with E-state index in [1.54, 1.807) is 0 Å². The number of anilines is 1. The summed E-state index contributed by atoms with van der Waals surface area (Å²) in [6, 6.07) is 3.78. The second kappa shape index (κ2) is 4.50. The van der Waals surface area contributed by atoms with Crippen LogP contribution in [0.25, 0.3) is 0 Å². The zero-order chi connectivity index (χ0) is 13.2. The minimum Gasteiger partial charge on any atom is -0.480 e. The van der Waals surface area contributed by atoms with Crippen molar-refractivity contribution in [3.05, 3.63) is 29.6 Å². The van der Waals surface area contributed by atoms with Crippen molar-refractivity contribution in [1.82, 2.24) is 0 Å². The lowest BCUT2D eigenvalue weighted by Crippen LogP contribution is -2.57. The van der Waals surface area contributed by atoms with Gasteiger partial charge < -0.3 is 10.4 Å². The van der Waals surface area contributed by atoms with E-state index in [0.29, 0.717) is 5.69 Å². The average Bonchev–Trinajstić information content (AvgIpc) is 2.15. The third kappa shape index (κ3) is 3.01. The molecule has 1 amide bonds. The largest absolute Gasteiger partial charge is 0.480 e. The van der Waals surface area contributed by atoms with Crippen molar-refractivity contribution in [3.8, 4) is 0 Å². The molecule has 0 aromatic heterocycles. The number of carboxylic acids is 1. The summed E-state index contributed by atoms with van der Waals surface area (Å²) in [5.41, 5.74) is 2.06. The Morgan fingerprint density at radius 3 is 2.41 bits per heavy atom. The zero-order valence-electron chi connectivity index (χ0n) is 9.58. The van der Waals surface area contributed by atoms with Gasteiger partial charge in [0.2, 0.25) is 0 Å². The van der Waals surface area contributed by atoms with E-state index >= 15 is 0 Å². The molecule has 0 saturated heterocycles. The van der Waals surface area contributed by atoms with E-state index in [0.717, 1.165) is 6.07 Å². The summed E-state index contributed by atoms with van der Waals surface area (Å²) >= 11 is 0. The van der Waals surface area contributed by atoms with Gasteiger partial charge in [0.05, 0.1) is 0 Å². The van der Waals surface area contributed by atoms with Gasteiger partial charge in [-0.1, -0.05) is 0 Å². The summed E-state index contributed by atoms with van der Waals surface area (Å²) in [5.74, 6) is -2.40. The molecule has 0 saturated carbocycles. The van der Waals surface area contributed by atoms with Crippen LogP contribution in [0.15, 0.2) is 18.2 Å². The summed E-state index contributed by atoms with van der Waals surface area (Å²) in [5, 5.41) is 11.5. The number of carbonyl (C=O) groups excluding carboxylic acids is 1. The predicted octanol–water partition coefficient (Wildman–Crippen LogP) is 0.483. The Kier molecular flexibility index (Phi) is 3.47. The molecule has 6 heteroatoms. The van der Waals surface area contributed by atoms with Gasteiger partial charge in [0.25, 0.3) is 0 Å². The Morgan fingerprint density at radius 2 is 2.00 bits per heavy atom. The summed E-state index contributed by atoms with van der Waals surface area (Å²) in [6.07, 6.45) is 0. The van der Waals surface area contributed by atoms with E-state index in [1.807, 2.05) is 0 Å². The molecule has 1 aromatic rings. The van der Waals surface area contributed by atoms with Crippen molar-refractivity contribution < 1.29 is 24.8 Å². The van der Waals surface area contributed by atoms with Crippen LogP contribution in [0, 0.1) is 5.82 Å². The van der Waals surface area contributed by atoms with Crippen molar-refractivity contribution in [1.29, 1.82) is 0 Å².